The van der Waals surface area contributed by atoms with Crippen LogP contribution >= 0.6 is 24.0 Å². The molecule has 0 aliphatic heterocycles. The number of halogens is 2. The van der Waals surface area contributed by atoms with Gasteiger partial charge < -0.3 is 20.5 Å². The number of rotatable bonds is 6. The number of benzene rings is 2. The van der Waals surface area contributed by atoms with Crippen molar-refractivity contribution < 1.29 is 13.9 Å². The molecule has 0 aliphatic rings. The van der Waals surface area contributed by atoms with E-state index in [1.54, 1.807) is 19.2 Å². The molecule has 7 heteroatoms. The van der Waals surface area contributed by atoms with Crippen molar-refractivity contribution in [1.29, 1.82) is 0 Å². The van der Waals surface area contributed by atoms with Gasteiger partial charge in [0.15, 0.2) is 5.96 Å². The van der Waals surface area contributed by atoms with Crippen LogP contribution < -0.4 is 15.8 Å². The third-order valence-electron chi connectivity index (χ3n) is 3.20. The second kappa shape index (κ2) is 10.1. The lowest BCUT2D eigenvalue weighted by molar-refractivity contribution is 0.181. The summed E-state index contributed by atoms with van der Waals surface area (Å²) in [5.74, 6) is 0.764. The summed E-state index contributed by atoms with van der Waals surface area (Å²) >= 11 is 0. The second-order valence-electron chi connectivity index (χ2n) is 4.91. The number of aliphatic imine (C=N–C) groups is 1. The van der Waals surface area contributed by atoms with Crippen molar-refractivity contribution in [3.63, 3.8) is 0 Å². The molecule has 24 heavy (non-hydrogen) atoms. The Morgan fingerprint density at radius 1 is 1.17 bits per heavy atom. The van der Waals surface area contributed by atoms with Gasteiger partial charge in [-0.25, -0.2) is 9.38 Å². The molecule has 0 aromatic heterocycles. The fourth-order valence-electron chi connectivity index (χ4n) is 2.03. The van der Waals surface area contributed by atoms with Gasteiger partial charge in [-0.1, -0.05) is 6.07 Å². The van der Waals surface area contributed by atoms with Gasteiger partial charge in [0.2, 0.25) is 0 Å². The van der Waals surface area contributed by atoms with E-state index in [4.69, 9.17) is 15.2 Å². The van der Waals surface area contributed by atoms with Crippen LogP contribution in [-0.2, 0) is 17.9 Å². The van der Waals surface area contributed by atoms with Crippen LogP contribution in [0.4, 0.5) is 10.1 Å². The molecule has 0 fully saturated rings. The summed E-state index contributed by atoms with van der Waals surface area (Å²) in [6.07, 6.45) is 0. The molecule has 2 aromatic rings. The third kappa shape index (κ3) is 5.97. The van der Waals surface area contributed by atoms with Gasteiger partial charge in [-0.15, -0.1) is 24.0 Å². The topological polar surface area (TPSA) is 68.9 Å². The molecule has 2 rings (SSSR count). The van der Waals surface area contributed by atoms with E-state index in [-0.39, 0.29) is 42.4 Å². The van der Waals surface area contributed by atoms with Crippen LogP contribution in [0.15, 0.2) is 47.5 Å². The van der Waals surface area contributed by atoms with Crippen molar-refractivity contribution in [3.05, 3.63) is 59.4 Å². The van der Waals surface area contributed by atoms with Crippen LogP contribution in [0, 0.1) is 5.82 Å². The number of nitrogens with zero attached hydrogens (tertiary/aromatic N) is 1. The van der Waals surface area contributed by atoms with E-state index < -0.39 is 0 Å². The van der Waals surface area contributed by atoms with E-state index in [0.29, 0.717) is 12.1 Å². The minimum Gasteiger partial charge on any atom is -0.497 e. The Morgan fingerprint density at radius 3 is 2.50 bits per heavy atom. The smallest absolute Gasteiger partial charge is 0.193 e. The molecule has 0 radical (unpaired) electrons. The first-order valence-electron chi connectivity index (χ1n) is 7.09. The van der Waals surface area contributed by atoms with E-state index >= 15 is 0 Å². The molecule has 0 unspecified atom stereocenters. The van der Waals surface area contributed by atoms with Crippen molar-refractivity contribution >= 4 is 35.6 Å². The maximum atomic E-state index is 13.5. The lowest BCUT2D eigenvalue weighted by Gasteiger charge is -2.07. The second-order valence-corrected chi connectivity index (χ2v) is 4.91. The Balaban J connectivity index is 0.00000288. The van der Waals surface area contributed by atoms with E-state index in [9.17, 15) is 4.39 Å². The fourth-order valence-corrected chi connectivity index (χ4v) is 2.03. The lowest BCUT2D eigenvalue weighted by atomic mass is 10.1. The van der Waals surface area contributed by atoms with Gasteiger partial charge in [0.1, 0.15) is 11.6 Å². The quantitative estimate of drug-likeness (QED) is 0.406. The van der Waals surface area contributed by atoms with E-state index in [2.05, 4.69) is 10.3 Å². The van der Waals surface area contributed by atoms with Crippen LogP contribution in [0.25, 0.3) is 0 Å². The molecule has 0 atom stereocenters. The van der Waals surface area contributed by atoms with Crippen LogP contribution in [-0.4, -0.2) is 20.2 Å². The molecule has 130 valence electrons. The number of guanidine groups is 1. The molecule has 0 spiro atoms. The molecule has 0 saturated carbocycles. The highest BCUT2D eigenvalue weighted by atomic mass is 127. The van der Waals surface area contributed by atoms with Gasteiger partial charge >= 0.3 is 0 Å². The number of ether oxygens (including phenoxy) is 2. The SMILES string of the molecule is COCc1cc(CN=C(N)Nc2ccc(OC)cc2)ccc1F.I. The maximum Gasteiger partial charge on any atom is 0.193 e. The number of anilines is 1. The summed E-state index contributed by atoms with van der Waals surface area (Å²) in [4.78, 5) is 4.25. The summed E-state index contributed by atoms with van der Waals surface area (Å²) in [6.45, 7) is 0.578. The predicted octanol–water partition coefficient (Wildman–Crippen LogP) is 3.53. The zero-order valence-electron chi connectivity index (χ0n) is 13.6. The van der Waals surface area contributed by atoms with E-state index in [1.165, 1.54) is 13.2 Å². The molecular formula is C17H21FIN3O2. The summed E-state index contributed by atoms with van der Waals surface area (Å²) < 4.78 is 23.6. The highest BCUT2D eigenvalue weighted by Crippen LogP contribution is 2.15. The first-order chi connectivity index (χ1) is 11.1. The van der Waals surface area contributed by atoms with E-state index in [1.807, 2.05) is 24.3 Å². The van der Waals surface area contributed by atoms with Gasteiger partial charge in [-0.2, -0.15) is 0 Å². The number of methoxy groups -OCH3 is 2. The van der Waals surface area contributed by atoms with Crippen molar-refractivity contribution in [2.75, 3.05) is 19.5 Å². The Kier molecular flexibility index (Phi) is 8.48. The van der Waals surface area contributed by atoms with Gasteiger partial charge in [-0.3, -0.25) is 0 Å². The average molecular weight is 445 g/mol. The molecule has 0 bridgehead atoms. The van der Waals surface area contributed by atoms with Crippen LogP contribution in [0.3, 0.4) is 0 Å². The van der Waals surface area contributed by atoms with Crippen molar-refractivity contribution in [1.82, 2.24) is 0 Å². The number of nitrogens with two attached hydrogens (primary N) is 1. The zero-order chi connectivity index (χ0) is 16.7. The molecule has 0 saturated heterocycles. The van der Waals surface area contributed by atoms with Crippen molar-refractivity contribution in [3.8, 4) is 5.75 Å². The molecule has 2 aromatic carbocycles. The summed E-state index contributed by atoms with van der Waals surface area (Å²) in [7, 11) is 3.14. The zero-order valence-corrected chi connectivity index (χ0v) is 15.9. The Labute approximate surface area is 158 Å². The van der Waals surface area contributed by atoms with Gasteiger partial charge in [-0.05, 0) is 42.0 Å². The number of hydrogen-bond donors (Lipinski definition) is 2. The number of hydrogen-bond acceptors (Lipinski definition) is 3. The molecule has 0 amide bonds. The fraction of sp³-hybridized carbons (Fsp3) is 0.235. The largest absolute Gasteiger partial charge is 0.497 e. The normalized spacial score (nSPS) is 10.9. The predicted molar refractivity (Wildman–Crippen MR) is 104 cm³/mol. The Hall–Kier alpha value is -1.87. The average Bonchev–Trinajstić information content (AvgIpc) is 2.56. The first-order valence-corrected chi connectivity index (χ1v) is 7.09. The van der Waals surface area contributed by atoms with Crippen LogP contribution in [0.1, 0.15) is 11.1 Å². The standard InChI is InChI=1S/C17H20FN3O2.HI/c1-22-11-13-9-12(3-8-16(13)18)10-20-17(19)21-14-4-6-15(23-2)7-5-14;/h3-9H,10-11H2,1-2H3,(H3,19,20,21);1H. The van der Waals surface area contributed by atoms with Gasteiger partial charge in [0, 0.05) is 18.4 Å². The van der Waals surface area contributed by atoms with Crippen LogP contribution in [0.2, 0.25) is 0 Å². The van der Waals surface area contributed by atoms with Crippen molar-refractivity contribution in [2.24, 2.45) is 10.7 Å². The monoisotopic (exact) mass is 445 g/mol. The molecule has 3 N–H and O–H groups in total. The minimum absolute atomic E-state index is 0. The Bertz CT molecular complexity index is 678. The van der Waals surface area contributed by atoms with Crippen LogP contribution in [0.5, 0.6) is 5.75 Å². The number of nitrogens with one attached hydrogen (secondary N) is 1. The van der Waals surface area contributed by atoms with Crippen molar-refractivity contribution in [2.45, 2.75) is 13.2 Å². The third-order valence-corrected chi connectivity index (χ3v) is 3.20. The lowest BCUT2D eigenvalue weighted by Crippen LogP contribution is -2.22. The highest BCUT2D eigenvalue weighted by Gasteiger charge is 2.03. The summed E-state index contributed by atoms with van der Waals surface area (Å²) in [6, 6.07) is 12.2. The Morgan fingerprint density at radius 2 is 1.88 bits per heavy atom. The maximum absolute atomic E-state index is 13.5. The van der Waals surface area contributed by atoms with Gasteiger partial charge in [0.05, 0.1) is 20.3 Å². The van der Waals surface area contributed by atoms with Gasteiger partial charge in [0.25, 0.3) is 0 Å². The summed E-state index contributed by atoms with van der Waals surface area (Å²) in [5, 5.41) is 2.99. The molecular weight excluding hydrogens is 424 g/mol. The molecule has 0 aliphatic carbocycles. The highest BCUT2D eigenvalue weighted by molar-refractivity contribution is 14.0. The summed E-state index contributed by atoms with van der Waals surface area (Å²) in [5.41, 5.74) is 8.03. The first kappa shape index (κ1) is 20.2. The molecule has 0 heterocycles. The minimum atomic E-state index is -0.288. The van der Waals surface area contributed by atoms with E-state index in [0.717, 1.165) is 17.0 Å². The molecule has 5 nitrogen and oxygen atoms in total.